The molecule has 8 nitrogen and oxygen atoms in total. The summed E-state index contributed by atoms with van der Waals surface area (Å²) in [6, 6.07) is 14.9. The lowest BCUT2D eigenvalue weighted by atomic mass is 9.75. The van der Waals surface area contributed by atoms with Gasteiger partial charge in [0.1, 0.15) is 0 Å². The zero-order valence-corrected chi connectivity index (χ0v) is 32.2. The van der Waals surface area contributed by atoms with Gasteiger partial charge in [0.25, 0.3) is 0 Å². The average molecular weight is 751 g/mol. The normalized spacial score (nSPS) is 14.9. The van der Waals surface area contributed by atoms with E-state index < -0.39 is 28.7 Å². The second-order valence-corrected chi connectivity index (χ2v) is 16.7. The van der Waals surface area contributed by atoms with Crippen molar-refractivity contribution in [3.8, 4) is 0 Å². The third-order valence-electron chi connectivity index (χ3n) is 10.7. The van der Waals surface area contributed by atoms with E-state index >= 15 is 0 Å². The molecule has 2 aliphatic rings. The van der Waals surface area contributed by atoms with Gasteiger partial charge in [-0.05, 0) is 97.2 Å². The summed E-state index contributed by atoms with van der Waals surface area (Å²) in [5, 5.41) is 5.49. The van der Waals surface area contributed by atoms with Gasteiger partial charge in [0.15, 0.2) is 0 Å². The van der Waals surface area contributed by atoms with Crippen molar-refractivity contribution in [1.82, 2.24) is 9.13 Å². The van der Waals surface area contributed by atoms with Crippen LogP contribution >= 0.6 is 11.6 Å². The second-order valence-electron chi connectivity index (χ2n) is 16.3. The van der Waals surface area contributed by atoms with Gasteiger partial charge in [-0.1, -0.05) is 39.3 Å². The monoisotopic (exact) mass is 750 g/mol. The fraction of sp³-hybridized carbons (Fsp3) is 0.463. The maximum absolute atomic E-state index is 14.4. The lowest BCUT2D eigenvalue weighted by Gasteiger charge is -2.32. The van der Waals surface area contributed by atoms with E-state index in [1.54, 1.807) is 0 Å². The molecule has 2 aromatic carbocycles. The van der Waals surface area contributed by atoms with E-state index in [0.717, 1.165) is 53.9 Å². The predicted octanol–water partition coefficient (Wildman–Crippen LogP) is 9.81. The number of fused-ring (bicyclic) bond motifs is 2. The third kappa shape index (κ3) is 9.05. The molecule has 0 unspecified atom stereocenters. The van der Waals surface area contributed by atoms with E-state index in [1.807, 2.05) is 64.8 Å². The van der Waals surface area contributed by atoms with Crippen LogP contribution in [-0.2, 0) is 41.9 Å². The van der Waals surface area contributed by atoms with Gasteiger partial charge >= 0.3 is 6.18 Å². The minimum Gasteiger partial charge on any atom is -0.364 e. The Morgan fingerprint density at radius 3 is 1.62 bits per heavy atom. The Hall–Kier alpha value is -4.38. The number of anilines is 4. The predicted molar refractivity (Wildman–Crippen MR) is 207 cm³/mol. The van der Waals surface area contributed by atoms with Crippen LogP contribution in [0.25, 0.3) is 0 Å². The minimum atomic E-state index is -4.72. The number of carbonyl (C=O) groups excluding carboxylic acids is 2. The molecule has 0 bridgehead atoms. The average Bonchev–Trinajstić information content (AvgIpc) is 3.74. The summed E-state index contributed by atoms with van der Waals surface area (Å²) < 4.78 is 47.4. The number of halogens is 4. The quantitative estimate of drug-likeness (QED) is 0.160. The smallest absolute Gasteiger partial charge is 0.364 e. The number of aromatic nitrogens is 2. The first kappa shape index (κ1) is 38.3. The molecule has 0 atom stereocenters. The topological polar surface area (TPSA) is 74.5 Å². The van der Waals surface area contributed by atoms with E-state index in [4.69, 9.17) is 11.6 Å². The lowest BCUT2D eigenvalue weighted by molar-refractivity contribution is -0.137. The second kappa shape index (κ2) is 14.8. The van der Waals surface area contributed by atoms with Crippen LogP contribution in [0.5, 0.6) is 0 Å². The molecule has 0 saturated heterocycles. The number of hydrogen-bond donors (Lipinski definition) is 2. The fourth-order valence-corrected chi connectivity index (χ4v) is 7.87. The number of rotatable bonds is 11. The molecule has 2 aromatic heterocycles. The molecule has 6 rings (SSSR count). The van der Waals surface area contributed by atoms with E-state index in [9.17, 15) is 22.8 Å². The van der Waals surface area contributed by atoms with Gasteiger partial charge in [-0.3, -0.25) is 9.59 Å². The molecule has 0 saturated carbocycles. The van der Waals surface area contributed by atoms with Crippen molar-refractivity contribution >= 4 is 46.2 Å². The Morgan fingerprint density at radius 2 is 1.15 bits per heavy atom. The summed E-state index contributed by atoms with van der Waals surface area (Å²) in [6.45, 7) is 16.3. The first-order valence-electron chi connectivity index (χ1n) is 18.3. The van der Waals surface area contributed by atoms with Crippen molar-refractivity contribution in [3.63, 3.8) is 0 Å². The largest absolute Gasteiger partial charge is 0.418 e. The van der Waals surface area contributed by atoms with Gasteiger partial charge in [-0.15, -0.1) is 0 Å². The standard InChI is InChI=1S/C41H50ClF3N6O2/c1-27-19-31(50-17-15-48-13-7-9-29(48)25-50)20-28(2)37(27)46-35(52)23-39(3,4)11-12-40(5,6)24-36(53)47-38-33(41(43,44)45)21-32(22-34(38)42)51-18-16-49-14-8-10-30(49)26-51/h7-10,13-14,19-22H,11-12,15-18,23-26H2,1-6H3,(H,46,52)(H,47,53). The molecular weight excluding hydrogens is 701 g/mol. The Morgan fingerprint density at radius 1 is 0.698 bits per heavy atom. The molecule has 2 aliphatic heterocycles. The third-order valence-corrected chi connectivity index (χ3v) is 11.0. The van der Waals surface area contributed by atoms with Crippen molar-refractivity contribution in [2.24, 2.45) is 10.8 Å². The van der Waals surface area contributed by atoms with Crippen molar-refractivity contribution in [1.29, 1.82) is 0 Å². The summed E-state index contributed by atoms with van der Waals surface area (Å²) >= 11 is 6.47. The number of amides is 2. The zero-order valence-electron chi connectivity index (χ0n) is 31.5. The van der Waals surface area contributed by atoms with E-state index in [1.165, 1.54) is 11.8 Å². The van der Waals surface area contributed by atoms with E-state index in [0.29, 0.717) is 38.2 Å². The van der Waals surface area contributed by atoms with Crippen molar-refractivity contribution in [3.05, 3.63) is 94.0 Å². The minimum absolute atomic E-state index is 0.0125. The number of aryl methyl sites for hydroxylation is 2. The molecule has 284 valence electrons. The molecule has 4 aromatic rings. The van der Waals surface area contributed by atoms with Crippen LogP contribution in [0.4, 0.5) is 35.9 Å². The van der Waals surface area contributed by atoms with Crippen LogP contribution in [0.1, 0.15) is 81.5 Å². The number of nitrogens with one attached hydrogen (secondary N) is 2. The Balaban J connectivity index is 1.04. The van der Waals surface area contributed by atoms with E-state index in [2.05, 4.69) is 55.1 Å². The SMILES string of the molecule is Cc1cc(N2CCn3cccc3C2)cc(C)c1NC(=O)CC(C)(C)CCC(C)(C)CC(=O)Nc1c(Cl)cc(N2CCn3cccc3C2)cc1C(F)(F)F. The van der Waals surface area contributed by atoms with Gasteiger partial charge in [-0.25, -0.2) is 0 Å². The van der Waals surface area contributed by atoms with Gasteiger partial charge < -0.3 is 29.6 Å². The van der Waals surface area contributed by atoms with Gasteiger partial charge in [0.2, 0.25) is 11.8 Å². The summed E-state index contributed by atoms with van der Waals surface area (Å²) in [5.41, 5.74) is 4.28. The first-order chi connectivity index (χ1) is 24.9. The van der Waals surface area contributed by atoms with Crippen LogP contribution < -0.4 is 20.4 Å². The van der Waals surface area contributed by atoms with Gasteiger partial charge in [-0.2, -0.15) is 13.2 Å². The van der Waals surface area contributed by atoms with Crippen LogP contribution in [0.15, 0.2) is 60.9 Å². The zero-order chi connectivity index (χ0) is 38.3. The van der Waals surface area contributed by atoms with Crippen LogP contribution in [0, 0.1) is 24.7 Å². The van der Waals surface area contributed by atoms with Crippen molar-refractivity contribution in [2.45, 2.75) is 99.6 Å². The maximum atomic E-state index is 14.4. The number of nitrogens with zero attached hydrogens (tertiary/aromatic N) is 4. The Labute approximate surface area is 315 Å². The van der Waals surface area contributed by atoms with Crippen molar-refractivity contribution < 1.29 is 22.8 Å². The summed E-state index contributed by atoms with van der Waals surface area (Å²) in [4.78, 5) is 30.8. The van der Waals surface area contributed by atoms with Crippen molar-refractivity contribution in [2.75, 3.05) is 33.5 Å². The fourth-order valence-electron chi connectivity index (χ4n) is 7.61. The molecule has 0 spiro atoms. The van der Waals surface area contributed by atoms with E-state index in [-0.39, 0.29) is 29.2 Å². The Kier molecular flexibility index (Phi) is 10.7. The number of carbonyl (C=O) groups is 2. The number of alkyl halides is 3. The first-order valence-corrected chi connectivity index (χ1v) is 18.6. The molecule has 0 aliphatic carbocycles. The molecule has 4 heterocycles. The highest BCUT2D eigenvalue weighted by molar-refractivity contribution is 6.34. The highest BCUT2D eigenvalue weighted by atomic mass is 35.5. The number of hydrogen-bond acceptors (Lipinski definition) is 4. The molecule has 2 amide bonds. The maximum Gasteiger partial charge on any atom is 0.418 e. The van der Waals surface area contributed by atoms with Crippen LogP contribution in [0.3, 0.4) is 0 Å². The molecular formula is C41H50ClF3N6O2. The molecule has 53 heavy (non-hydrogen) atoms. The highest BCUT2D eigenvalue weighted by Crippen LogP contribution is 2.43. The summed E-state index contributed by atoms with van der Waals surface area (Å²) in [5.74, 6) is -0.633. The lowest BCUT2D eigenvalue weighted by Crippen LogP contribution is -2.33. The highest BCUT2D eigenvalue weighted by Gasteiger charge is 2.37. The van der Waals surface area contributed by atoms with Crippen LogP contribution in [-0.4, -0.2) is 34.0 Å². The van der Waals surface area contributed by atoms with Gasteiger partial charge in [0, 0.05) is 79.9 Å². The van der Waals surface area contributed by atoms with Gasteiger partial charge in [0.05, 0.1) is 29.4 Å². The Bertz CT molecular complexity index is 1970. The molecule has 0 fully saturated rings. The molecule has 2 N–H and O–H groups in total. The summed E-state index contributed by atoms with van der Waals surface area (Å²) in [7, 11) is 0. The number of benzene rings is 2. The summed E-state index contributed by atoms with van der Waals surface area (Å²) in [6.07, 6.45) is 0.829. The molecule has 12 heteroatoms. The van der Waals surface area contributed by atoms with Crippen LogP contribution in [0.2, 0.25) is 5.02 Å². The molecule has 0 radical (unpaired) electrons.